The molecule has 0 aliphatic carbocycles. The third-order valence-electron chi connectivity index (χ3n) is 6.94. The maximum absolute atomic E-state index is 13.8. The highest BCUT2D eigenvalue weighted by molar-refractivity contribution is 5.96. The van der Waals surface area contributed by atoms with Crippen LogP contribution in [0.5, 0.6) is 0 Å². The van der Waals surface area contributed by atoms with E-state index in [1.54, 1.807) is 37.4 Å². The third kappa shape index (κ3) is 6.19. The molecule has 40 heavy (non-hydrogen) atoms. The van der Waals surface area contributed by atoms with Crippen molar-refractivity contribution < 1.29 is 14.3 Å². The van der Waals surface area contributed by atoms with Crippen LogP contribution in [0.1, 0.15) is 57.8 Å². The lowest BCUT2D eigenvalue weighted by molar-refractivity contribution is 0.0499. The summed E-state index contributed by atoms with van der Waals surface area (Å²) in [6, 6.07) is 8.41. The fourth-order valence-corrected chi connectivity index (χ4v) is 4.84. The second-order valence-corrected chi connectivity index (χ2v) is 11.3. The number of fused-ring (bicyclic) bond motifs is 1. The van der Waals surface area contributed by atoms with Crippen LogP contribution in [0, 0.1) is 0 Å². The van der Waals surface area contributed by atoms with Crippen LogP contribution in [0.25, 0.3) is 11.2 Å². The van der Waals surface area contributed by atoms with E-state index < -0.39 is 22.9 Å². The number of nitrogens with zero attached hydrogens (tertiary/aromatic N) is 5. The molecule has 1 aromatic carbocycles. The summed E-state index contributed by atoms with van der Waals surface area (Å²) in [5.74, 6) is 0.202. The number of anilines is 1. The van der Waals surface area contributed by atoms with Crippen LogP contribution in [0.2, 0.25) is 0 Å². The van der Waals surface area contributed by atoms with Gasteiger partial charge in [0.25, 0.3) is 5.56 Å². The number of aromatic nitrogens is 4. The number of ether oxygens (including phenoxy) is 1. The van der Waals surface area contributed by atoms with Crippen molar-refractivity contribution in [3.05, 3.63) is 68.4 Å². The predicted molar refractivity (Wildman–Crippen MR) is 154 cm³/mol. The van der Waals surface area contributed by atoms with Crippen LogP contribution < -0.4 is 21.5 Å². The number of ketones is 1. The maximum atomic E-state index is 13.8. The van der Waals surface area contributed by atoms with Gasteiger partial charge in [0.1, 0.15) is 5.60 Å². The number of aryl methyl sites for hydroxylation is 1. The van der Waals surface area contributed by atoms with Gasteiger partial charge >= 0.3 is 11.8 Å². The Morgan fingerprint density at radius 1 is 1.12 bits per heavy atom. The Labute approximate surface area is 233 Å². The van der Waals surface area contributed by atoms with Gasteiger partial charge in [0.2, 0.25) is 5.95 Å². The van der Waals surface area contributed by atoms with Gasteiger partial charge in [-0.1, -0.05) is 42.0 Å². The standard InChI is InChI=1S/C29H38N6O5/c1-7-19(2)16-34-23-24(31-26(34)33-15-11-14-21(17-33)30-27(38)40-29(3,4)5)32(6)28(39)35(25(23)37)18-22(36)20-12-9-8-10-13-20/h7-10,12-13,21H,11,14-18H2,1-6H3,(H,30,38)/b19-7+. The average molecular weight is 551 g/mol. The van der Waals surface area contributed by atoms with E-state index in [2.05, 4.69) is 5.32 Å². The van der Waals surface area contributed by atoms with E-state index in [-0.39, 0.29) is 29.5 Å². The molecule has 3 aromatic rings. The number of rotatable bonds is 7. The van der Waals surface area contributed by atoms with Gasteiger partial charge in [-0.2, -0.15) is 4.98 Å². The number of carbonyl (C=O) groups excluding carboxylic acids is 2. The topological polar surface area (TPSA) is 120 Å². The van der Waals surface area contributed by atoms with Crippen LogP contribution in [0.15, 0.2) is 51.6 Å². The molecule has 1 atom stereocenters. The van der Waals surface area contributed by atoms with Gasteiger partial charge in [0.05, 0.1) is 6.54 Å². The first-order chi connectivity index (χ1) is 18.9. The van der Waals surface area contributed by atoms with Crippen LogP contribution in [-0.4, -0.2) is 55.3 Å². The molecule has 0 saturated carbocycles. The smallest absolute Gasteiger partial charge is 0.407 e. The van der Waals surface area contributed by atoms with E-state index in [1.165, 1.54) is 4.57 Å². The van der Waals surface area contributed by atoms with Crippen LogP contribution in [0.3, 0.4) is 0 Å². The number of imidazole rings is 1. The zero-order valence-corrected chi connectivity index (χ0v) is 24.1. The van der Waals surface area contributed by atoms with E-state index in [0.717, 1.165) is 23.0 Å². The predicted octanol–water partition coefficient (Wildman–Crippen LogP) is 3.24. The largest absolute Gasteiger partial charge is 0.444 e. The molecule has 1 N–H and O–H groups in total. The summed E-state index contributed by atoms with van der Waals surface area (Å²) in [6.45, 7) is 10.5. The van der Waals surface area contributed by atoms with E-state index in [4.69, 9.17) is 9.72 Å². The number of Topliss-reactive ketones (excluding diaryl/α,β-unsaturated/α-hetero) is 1. The molecule has 4 rings (SSSR count). The molecule has 2 aromatic heterocycles. The number of hydrogen-bond donors (Lipinski definition) is 1. The summed E-state index contributed by atoms with van der Waals surface area (Å²) < 4.78 is 9.55. The monoisotopic (exact) mass is 550 g/mol. The number of nitrogens with one attached hydrogen (secondary N) is 1. The Hall–Kier alpha value is -4.15. The van der Waals surface area contributed by atoms with E-state index >= 15 is 0 Å². The van der Waals surface area contributed by atoms with Crippen LogP contribution in [-0.2, 0) is 24.9 Å². The van der Waals surface area contributed by atoms with Gasteiger partial charge in [0.15, 0.2) is 16.9 Å². The van der Waals surface area contributed by atoms with Gasteiger partial charge in [-0.25, -0.2) is 9.59 Å². The Kier molecular flexibility index (Phi) is 8.32. The first kappa shape index (κ1) is 28.8. The molecule has 1 aliphatic heterocycles. The Morgan fingerprint density at radius 3 is 2.48 bits per heavy atom. The molecule has 0 bridgehead atoms. The minimum absolute atomic E-state index is 0.177. The number of allylic oxidation sites excluding steroid dienone is 2. The van der Waals surface area contributed by atoms with Crippen molar-refractivity contribution in [2.75, 3.05) is 18.0 Å². The molecule has 11 nitrogen and oxygen atoms in total. The van der Waals surface area contributed by atoms with Crippen LogP contribution >= 0.6 is 0 Å². The van der Waals surface area contributed by atoms with E-state index in [9.17, 15) is 19.2 Å². The zero-order chi connectivity index (χ0) is 29.2. The summed E-state index contributed by atoms with van der Waals surface area (Å²) in [7, 11) is 1.56. The Morgan fingerprint density at radius 2 is 1.82 bits per heavy atom. The molecule has 0 spiro atoms. The number of benzene rings is 1. The lowest BCUT2D eigenvalue weighted by Crippen LogP contribution is -2.49. The highest BCUT2D eigenvalue weighted by Crippen LogP contribution is 2.25. The number of carbonyl (C=O) groups is 2. The minimum Gasteiger partial charge on any atom is -0.444 e. The van der Waals surface area contributed by atoms with Crippen molar-refractivity contribution in [1.82, 2.24) is 24.0 Å². The molecule has 1 unspecified atom stereocenters. The quantitative estimate of drug-likeness (QED) is 0.354. The molecule has 11 heteroatoms. The molecule has 3 heterocycles. The summed E-state index contributed by atoms with van der Waals surface area (Å²) in [5, 5.41) is 2.95. The first-order valence-corrected chi connectivity index (χ1v) is 13.5. The number of hydrogen-bond acceptors (Lipinski definition) is 7. The second-order valence-electron chi connectivity index (χ2n) is 11.3. The first-order valence-electron chi connectivity index (χ1n) is 13.5. The number of alkyl carbamates (subject to hydrolysis) is 1. The van der Waals surface area contributed by atoms with Crippen molar-refractivity contribution in [2.45, 2.75) is 72.2 Å². The SMILES string of the molecule is C/C=C(\C)Cn1c(N2CCCC(NC(=O)OC(C)(C)C)C2)nc2c1c(=O)n(CC(=O)c1ccccc1)c(=O)n2C. The van der Waals surface area contributed by atoms with Crippen molar-refractivity contribution >= 4 is 29.0 Å². The van der Waals surface area contributed by atoms with Crippen molar-refractivity contribution in [3.63, 3.8) is 0 Å². The van der Waals surface area contributed by atoms with Gasteiger partial charge < -0.3 is 19.5 Å². The number of piperidine rings is 1. The van der Waals surface area contributed by atoms with E-state index in [0.29, 0.717) is 31.1 Å². The van der Waals surface area contributed by atoms with Crippen molar-refractivity contribution in [3.8, 4) is 0 Å². The summed E-state index contributed by atoms with van der Waals surface area (Å²) >= 11 is 0. The van der Waals surface area contributed by atoms with Crippen molar-refractivity contribution in [1.29, 1.82) is 0 Å². The Balaban J connectivity index is 1.76. The minimum atomic E-state index is -0.608. The highest BCUT2D eigenvalue weighted by Gasteiger charge is 2.29. The lowest BCUT2D eigenvalue weighted by atomic mass is 10.1. The number of amides is 1. The zero-order valence-electron chi connectivity index (χ0n) is 24.1. The Bertz CT molecular complexity index is 1560. The van der Waals surface area contributed by atoms with Gasteiger partial charge in [-0.15, -0.1) is 0 Å². The fraction of sp³-hybridized carbons (Fsp3) is 0.483. The summed E-state index contributed by atoms with van der Waals surface area (Å²) in [6.07, 6.45) is 3.04. The summed E-state index contributed by atoms with van der Waals surface area (Å²) in [5.41, 5.74) is 0.145. The lowest BCUT2D eigenvalue weighted by Gasteiger charge is -2.34. The fourth-order valence-electron chi connectivity index (χ4n) is 4.84. The molecule has 0 radical (unpaired) electrons. The van der Waals surface area contributed by atoms with Gasteiger partial charge in [-0.3, -0.25) is 18.7 Å². The molecule has 1 amide bonds. The van der Waals surface area contributed by atoms with Gasteiger partial charge in [0, 0.05) is 38.3 Å². The maximum Gasteiger partial charge on any atom is 0.407 e. The average Bonchev–Trinajstić information content (AvgIpc) is 3.28. The normalized spacial score (nSPS) is 16.3. The molecular formula is C29H38N6O5. The molecule has 1 saturated heterocycles. The van der Waals surface area contributed by atoms with Crippen LogP contribution in [0.4, 0.5) is 10.7 Å². The molecule has 1 fully saturated rings. The molecule has 1 aliphatic rings. The van der Waals surface area contributed by atoms with Crippen molar-refractivity contribution in [2.24, 2.45) is 7.05 Å². The second kappa shape index (κ2) is 11.5. The highest BCUT2D eigenvalue weighted by atomic mass is 16.6. The van der Waals surface area contributed by atoms with E-state index in [1.807, 2.05) is 50.2 Å². The third-order valence-corrected chi connectivity index (χ3v) is 6.94. The summed E-state index contributed by atoms with van der Waals surface area (Å²) in [4.78, 5) is 59.3. The van der Waals surface area contributed by atoms with Gasteiger partial charge in [-0.05, 0) is 47.5 Å². The molecular weight excluding hydrogens is 512 g/mol. The molecule has 214 valence electrons.